The minimum absolute atomic E-state index is 0.0943. The molecule has 0 fully saturated rings. The van der Waals surface area contributed by atoms with Crippen LogP contribution in [0.5, 0.6) is 0 Å². The van der Waals surface area contributed by atoms with Crippen LogP contribution in [0, 0.1) is 24.0 Å². The lowest BCUT2D eigenvalue weighted by molar-refractivity contribution is -0.383. The fraction of sp³-hybridized carbons (Fsp3) is 0.133. The van der Waals surface area contributed by atoms with Gasteiger partial charge in [0, 0.05) is 17.3 Å². The van der Waals surface area contributed by atoms with Crippen molar-refractivity contribution in [1.29, 1.82) is 0 Å². The van der Waals surface area contributed by atoms with Gasteiger partial charge in [0.2, 0.25) is 11.6 Å². The van der Waals surface area contributed by atoms with Crippen LogP contribution >= 0.6 is 11.3 Å². The minimum Gasteiger partial charge on any atom is -0.334 e. The summed E-state index contributed by atoms with van der Waals surface area (Å²) < 4.78 is 0. The second kappa shape index (κ2) is 6.59. The number of nitro groups is 1. The molecule has 0 atom stereocenters. The highest BCUT2D eigenvalue weighted by molar-refractivity contribution is 7.13. The maximum Gasteiger partial charge on any atom is 0.353 e. The zero-order valence-electron chi connectivity index (χ0n) is 13.0. The van der Waals surface area contributed by atoms with Crippen LogP contribution < -0.4 is 10.6 Å². The van der Waals surface area contributed by atoms with Gasteiger partial charge in [-0.3, -0.25) is 10.1 Å². The minimum atomic E-state index is -0.513. The molecule has 0 bridgehead atoms. The Morgan fingerprint density at radius 3 is 2.29 bits per heavy atom. The summed E-state index contributed by atoms with van der Waals surface area (Å²) in [6.45, 7) is 3.92. The van der Waals surface area contributed by atoms with E-state index in [1.54, 1.807) is 11.6 Å². The Kier molecular flexibility index (Phi) is 4.34. The first-order chi connectivity index (χ1) is 11.5. The molecule has 1 aromatic carbocycles. The third kappa shape index (κ3) is 3.46. The van der Waals surface area contributed by atoms with Crippen LogP contribution in [0.2, 0.25) is 0 Å². The van der Waals surface area contributed by atoms with E-state index in [-0.39, 0.29) is 17.3 Å². The molecule has 3 aromatic rings. The number of nitrogens with one attached hydrogen (secondary N) is 2. The van der Waals surface area contributed by atoms with Gasteiger partial charge in [0.05, 0.1) is 4.92 Å². The maximum atomic E-state index is 11.5. The normalized spacial score (nSPS) is 10.4. The van der Waals surface area contributed by atoms with Gasteiger partial charge in [-0.2, -0.15) is 0 Å². The molecule has 0 amide bonds. The van der Waals surface area contributed by atoms with E-state index >= 15 is 0 Å². The fourth-order valence-corrected chi connectivity index (χ4v) is 2.83. The molecular weight excluding hydrogens is 328 g/mol. The van der Waals surface area contributed by atoms with Crippen molar-refractivity contribution in [3.8, 4) is 0 Å². The molecule has 0 saturated carbocycles. The van der Waals surface area contributed by atoms with Crippen LogP contribution in [0.4, 0.5) is 28.1 Å². The summed E-state index contributed by atoms with van der Waals surface area (Å²) in [6, 6.07) is 5.81. The molecule has 0 saturated heterocycles. The maximum absolute atomic E-state index is 11.5. The highest BCUT2D eigenvalue weighted by atomic mass is 32.1. The molecule has 0 unspecified atom stereocenters. The van der Waals surface area contributed by atoms with E-state index in [9.17, 15) is 10.1 Å². The third-order valence-electron chi connectivity index (χ3n) is 3.15. The second-order valence-electron chi connectivity index (χ2n) is 5.14. The van der Waals surface area contributed by atoms with E-state index in [1.807, 2.05) is 32.0 Å². The van der Waals surface area contributed by atoms with E-state index in [2.05, 4.69) is 25.6 Å². The largest absolute Gasteiger partial charge is 0.353 e. The van der Waals surface area contributed by atoms with Crippen molar-refractivity contribution in [2.24, 2.45) is 0 Å². The van der Waals surface area contributed by atoms with Crippen molar-refractivity contribution in [1.82, 2.24) is 15.0 Å². The molecule has 0 aliphatic heterocycles. The monoisotopic (exact) mass is 342 g/mol. The molecule has 0 aliphatic carbocycles. The average Bonchev–Trinajstić information content (AvgIpc) is 2.99. The molecule has 0 aliphatic rings. The summed E-state index contributed by atoms with van der Waals surface area (Å²) in [5.74, 6) is 0.218. The number of hydrogen-bond donors (Lipinski definition) is 2. The van der Waals surface area contributed by atoms with Gasteiger partial charge in [-0.05, 0) is 37.1 Å². The second-order valence-corrected chi connectivity index (χ2v) is 6.03. The first-order valence-electron chi connectivity index (χ1n) is 7.04. The number of benzene rings is 1. The number of aromatic nitrogens is 3. The van der Waals surface area contributed by atoms with Crippen LogP contribution in [0.25, 0.3) is 0 Å². The first-order valence-corrected chi connectivity index (χ1v) is 7.92. The smallest absolute Gasteiger partial charge is 0.334 e. The number of rotatable bonds is 5. The van der Waals surface area contributed by atoms with Gasteiger partial charge in [0.1, 0.15) is 6.33 Å². The van der Waals surface area contributed by atoms with Crippen molar-refractivity contribution in [2.45, 2.75) is 13.8 Å². The molecule has 3 rings (SSSR count). The average molecular weight is 342 g/mol. The van der Waals surface area contributed by atoms with Gasteiger partial charge in [0.25, 0.3) is 0 Å². The first kappa shape index (κ1) is 15.8. The molecule has 24 heavy (non-hydrogen) atoms. The van der Waals surface area contributed by atoms with Crippen LogP contribution in [-0.2, 0) is 0 Å². The molecule has 8 nitrogen and oxygen atoms in total. The molecule has 2 N–H and O–H groups in total. The van der Waals surface area contributed by atoms with E-state index in [0.29, 0.717) is 5.13 Å². The van der Waals surface area contributed by atoms with Gasteiger partial charge >= 0.3 is 5.69 Å². The molecule has 9 heteroatoms. The van der Waals surface area contributed by atoms with Gasteiger partial charge < -0.3 is 10.6 Å². The van der Waals surface area contributed by atoms with Gasteiger partial charge in [-0.1, -0.05) is 6.07 Å². The summed E-state index contributed by atoms with van der Waals surface area (Å²) in [4.78, 5) is 23.1. The number of anilines is 4. The van der Waals surface area contributed by atoms with Crippen molar-refractivity contribution in [3.63, 3.8) is 0 Å². The number of hydrogen-bond acceptors (Lipinski definition) is 8. The Hall–Kier alpha value is -3.07. The van der Waals surface area contributed by atoms with Crippen molar-refractivity contribution in [2.75, 3.05) is 10.6 Å². The van der Waals surface area contributed by atoms with Gasteiger partial charge in [0.15, 0.2) is 5.13 Å². The highest BCUT2D eigenvalue weighted by Gasteiger charge is 2.23. The Bertz CT molecular complexity index is 861. The lowest BCUT2D eigenvalue weighted by Crippen LogP contribution is -2.05. The Morgan fingerprint density at radius 1 is 1.04 bits per heavy atom. The van der Waals surface area contributed by atoms with Crippen molar-refractivity contribution >= 4 is 39.5 Å². The van der Waals surface area contributed by atoms with E-state index < -0.39 is 4.92 Å². The molecule has 0 radical (unpaired) electrons. The molecule has 0 spiro atoms. The number of thiazole rings is 1. The van der Waals surface area contributed by atoms with E-state index in [4.69, 9.17) is 0 Å². The van der Waals surface area contributed by atoms with Gasteiger partial charge in [-0.15, -0.1) is 11.3 Å². The lowest BCUT2D eigenvalue weighted by Gasteiger charge is -2.10. The van der Waals surface area contributed by atoms with E-state index in [0.717, 1.165) is 16.8 Å². The fourth-order valence-electron chi connectivity index (χ4n) is 2.30. The summed E-state index contributed by atoms with van der Waals surface area (Å²) in [5.41, 5.74) is 2.60. The summed E-state index contributed by atoms with van der Waals surface area (Å²) in [7, 11) is 0. The SMILES string of the molecule is Cc1cc(C)cc(Nc2ncnc(Nc3nccs3)c2[N+](=O)[O-])c1. The molecule has 2 aromatic heterocycles. The van der Waals surface area contributed by atoms with Crippen LogP contribution in [-0.4, -0.2) is 19.9 Å². The topological polar surface area (TPSA) is 106 Å². The van der Waals surface area contributed by atoms with Crippen LogP contribution in [0.15, 0.2) is 36.1 Å². The van der Waals surface area contributed by atoms with E-state index in [1.165, 1.54) is 17.7 Å². The number of nitrogens with zero attached hydrogens (tertiary/aromatic N) is 4. The lowest BCUT2D eigenvalue weighted by atomic mass is 10.1. The van der Waals surface area contributed by atoms with Gasteiger partial charge in [-0.25, -0.2) is 15.0 Å². The van der Waals surface area contributed by atoms with Crippen LogP contribution in [0.3, 0.4) is 0 Å². The molecule has 2 heterocycles. The predicted molar refractivity (Wildman–Crippen MR) is 93.3 cm³/mol. The Labute approximate surface area is 141 Å². The third-order valence-corrected chi connectivity index (χ3v) is 3.84. The van der Waals surface area contributed by atoms with Crippen LogP contribution in [0.1, 0.15) is 11.1 Å². The zero-order chi connectivity index (χ0) is 17.1. The predicted octanol–water partition coefficient (Wildman–Crippen LogP) is 3.95. The standard InChI is InChI=1S/C15H14N6O2S/c1-9-5-10(2)7-11(6-9)19-13-12(21(22)23)14(18-8-17-13)20-15-16-3-4-24-15/h3-8H,1-2H3,(H2,16,17,18,19,20). The molecule has 122 valence electrons. The molecular formula is C15H14N6O2S. The highest BCUT2D eigenvalue weighted by Crippen LogP contribution is 2.33. The summed E-state index contributed by atoms with van der Waals surface area (Å²) in [5, 5.41) is 19.7. The summed E-state index contributed by atoms with van der Waals surface area (Å²) in [6.07, 6.45) is 2.88. The summed E-state index contributed by atoms with van der Waals surface area (Å²) >= 11 is 1.33. The number of aryl methyl sites for hydroxylation is 2. The van der Waals surface area contributed by atoms with Crippen molar-refractivity contribution < 1.29 is 4.92 Å². The zero-order valence-corrected chi connectivity index (χ0v) is 13.8. The Balaban J connectivity index is 1.99. The quantitative estimate of drug-likeness (QED) is 0.534. The van der Waals surface area contributed by atoms with Crippen molar-refractivity contribution in [3.05, 3.63) is 57.3 Å². The Morgan fingerprint density at radius 2 is 1.71 bits per heavy atom.